The molecule has 2 aliphatic carbocycles. The molecule has 1 saturated carbocycles. The third-order valence-corrected chi connectivity index (χ3v) is 3.05. The average Bonchev–Trinajstić information content (AvgIpc) is 2.58. The summed E-state index contributed by atoms with van der Waals surface area (Å²) in [5, 5.41) is 17.6. The predicted molar refractivity (Wildman–Crippen MR) is 43.4 cm³/mol. The Labute approximate surface area is 79.0 Å². The Kier molecular flexibility index (Phi) is 1.83. The molecule has 76 valence electrons. The van der Waals surface area contributed by atoms with E-state index >= 15 is 0 Å². The van der Waals surface area contributed by atoms with Gasteiger partial charge in [0.05, 0.1) is 11.1 Å². The Morgan fingerprint density at radius 2 is 1.43 bits per heavy atom. The summed E-state index contributed by atoms with van der Waals surface area (Å²) < 4.78 is 13.4. The summed E-state index contributed by atoms with van der Waals surface area (Å²) in [5.74, 6) is -4.00. The second kappa shape index (κ2) is 2.80. The lowest BCUT2D eigenvalue weighted by Crippen LogP contribution is -2.17. The van der Waals surface area contributed by atoms with E-state index in [1.54, 1.807) is 0 Å². The number of hydrogen-bond donors (Lipinski definition) is 2. The third kappa shape index (κ3) is 0.981. The van der Waals surface area contributed by atoms with E-state index in [0.29, 0.717) is 12.8 Å². The average molecular weight is 200 g/mol. The molecule has 2 aliphatic rings. The molecule has 0 aliphatic heterocycles. The monoisotopic (exact) mass is 200 g/mol. The normalized spacial score (nSPS) is 35.1. The van der Waals surface area contributed by atoms with Crippen molar-refractivity contribution in [3.05, 3.63) is 11.1 Å². The van der Waals surface area contributed by atoms with E-state index in [1.165, 1.54) is 0 Å². The summed E-state index contributed by atoms with van der Waals surface area (Å²) in [6.07, 6.45) is -0.415. The fraction of sp³-hybridized carbons (Fsp3) is 0.556. The van der Waals surface area contributed by atoms with Gasteiger partial charge in [-0.25, -0.2) is 14.0 Å². The van der Waals surface area contributed by atoms with Crippen molar-refractivity contribution in [2.75, 3.05) is 0 Å². The maximum Gasteiger partial charge on any atom is 0.332 e. The van der Waals surface area contributed by atoms with E-state index < -0.39 is 29.9 Å². The first kappa shape index (κ1) is 9.18. The number of hydrogen-bond acceptors (Lipinski definition) is 2. The van der Waals surface area contributed by atoms with Crippen molar-refractivity contribution in [1.82, 2.24) is 0 Å². The van der Waals surface area contributed by atoms with Gasteiger partial charge in [-0.15, -0.1) is 0 Å². The van der Waals surface area contributed by atoms with Gasteiger partial charge in [0.1, 0.15) is 6.17 Å². The van der Waals surface area contributed by atoms with E-state index in [-0.39, 0.29) is 11.1 Å². The summed E-state index contributed by atoms with van der Waals surface area (Å²) in [6.45, 7) is 0. The van der Waals surface area contributed by atoms with Gasteiger partial charge in [-0.3, -0.25) is 0 Å². The zero-order valence-corrected chi connectivity index (χ0v) is 7.24. The Hall–Kier alpha value is -1.39. The van der Waals surface area contributed by atoms with Crippen molar-refractivity contribution in [1.29, 1.82) is 0 Å². The number of carbonyl (C=O) groups is 2. The van der Waals surface area contributed by atoms with Crippen LogP contribution in [0.15, 0.2) is 11.1 Å². The van der Waals surface area contributed by atoms with Crippen LogP contribution in [0.3, 0.4) is 0 Å². The number of carboxylic acids is 2. The van der Waals surface area contributed by atoms with Crippen LogP contribution < -0.4 is 0 Å². The molecule has 0 amide bonds. The Balaban J connectivity index is 2.50. The fourth-order valence-corrected chi connectivity index (χ4v) is 2.51. The topological polar surface area (TPSA) is 74.6 Å². The molecule has 4 nitrogen and oxygen atoms in total. The van der Waals surface area contributed by atoms with Gasteiger partial charge in [-0.05, 0) is 12.8 Å². The first-order valence-electron chi connectivity index (χ1n) is 4.38. The van der Waals surface area contributed by atoms with E-state index in [9.17, 15) is 14.0 Å². The van der Waals surface area contributed by atoms with E-state index in [2.05, 4.69) is 0 Å². The van der Waals surface area contributed by atoms with Gasteiger partial charge in [-0.1, -0.05) is 0 Å². The van der Waals surface area contributed by atoms with Gasteiger partial charge in [0.25, 0.3) is 0 Å². The van der Waals surface area contributed by atoms with Crippen LogP contribution in [-0.2, 0) is 9.59 Å². The van der Waals surface area contributed by atoms with E-state index in [4.69, 9.17) is 10.2 Å². The Bertz CT molecular complexity index is 315. The van der Waals surface area contributed by atoms with Crippen LogP contribution in [0.5, 0.6) is 0 Å². The molecule has 0 aromatic heterocycles. The minimum atomic E-state index is -1.31. The van der Waals surface area contributed by atoms with Crippen LogP contribution in [-0.4, -0.2) is 28.3 Å². The maximum atomic E-state index is 13.4. The van der Waals surface area contributed by atoms with Crippen LogP contribution >= 0.6 is 0 Å². The molecular formula is C9H9FO4. The van der Waals surface area contributed by atoms with Crippen LogP contribution in [0.25, 0.3) is 0 Å². The van der Waals surface area contributed by atoms with Crippen LogP contribution in [0.1, 0.15) is 12.8 Å². The number of halogens is 1. The molecule has 14 heavy (non-hydrogen) atoms. The van der Waals surface area contributed by atoms with Crippen molar-refractivity contribution in [2.45, 2.75) is 19.0 Å². The minimum absolute atomic E-state index is 0.221. The van der Waals surface area contributed by atoms with Gasteiger partial charge in [-0.2, -0.15) is 0 Å². The van der Waals surface area contributed by atoms with E-state index in [1.807, 2.05) is 0 Å². The molecule has 2 rings (SSSR count). The fourth-order valence-electron chi connectivity index (χ4n) is 2.51. The molecule has 0 aromatic carbocycles. The summed E-state index contributed by atoms with van der Waals surface area (Å²) in [6, 6.07) is 0. The largest absolute Gasteiger partial charge is 0.478 e. The number of aliphatic carboxylic acids is 2. The Morgan fingerprint density at radius 1 is 1.07 bits per heavy atom. The second-order valence-electron chi connectivity index (χ2n) is 3.67. The molecule has 5 heteroatoms. The van der Waals surface area contributed by atoms with Crippen molar-refractivity contribution in [2.24, 2.45) is 11.8 Å². The molecule has 0 aromatic rings. The van der Waals surface area contributed by atoms with Crippen molar-refractivity contribution < 1.29 is 24.2 Å². The molecular weight excluding hydrogens is 191 g/mol. The van der Waals surface area contributed by atoms with Gasteiger partial charge in [0, 0.05) is 11.8 Å². The number of fused-ring (bicyclic) bond motifs is 2. The van der Waals surface area contributed by atoms with Gasteiger partial charge in [0.2, 0.25) is 0 Å². The van der Waals surface area contributed by atoms with Crippen LogP contribution in [0.2, 0.25) is 0 Å². The zero-order chi connectivity index (χ0) is 10.5. The molecule has 1 fully saturated rings. The molecule has 2 N–H and O–H groups in total. The van der Waals surface area contributed by atoms with Gasteiger partial charge >= 0.3 is 11.9 Å². The molecule has 0 heterocycles. The molecule has 2 unspecified atom stereocenters. The van der Waals surface area contributed by atoms with Gasteiger partial charge in [0.15, 0.2) is 0 Å². The Morgan fingerprint density at radius 3 is 1.71 bits per heavy atom. The number of alkyl halides is 1. The standard InChI is InChI=1S/C9H9FO4/c10-7-3-1-2-4(7)6(9(13)14)5(3)8(11)12/h3-4,7H,1-2H2,(H,11,12)(H,13,14). The lowest BCUT2D eigenvalue weighted by atomic mass is 9.92. The quantitative estimate of drug-likeness (QED) is 0.692. The smallest absolute Gasteiger partial charge is 0.332 e. The SMILES string of the molecule is O=C(O)C1=C(C(=O)O)C2CCC1C2F. The maximum absolute atomic E-state index is 13.4. The summed E-state index contributed by atoms with van der Waals surface area (Å²) in [5.41, 5.74) is -0.442. The van der Waals surface area contributed by atoms with E-state index in [0.717, 1.165) is 0 Å². The summed E-state index contributed by atoms with van der Waals surface area (Å²) in [7, 11) is 0. The van der Waals surface area contributed by atoms with Crippen molar-refractivity contribution in [3.63, 3.8) is 0 Å². The highest BCUT2D eigenvalue weighted by atomic mass is 19.1. The molecule has 0 radical (unpaired) electrons. The highest BCUT2D eigenvalue weighted by Gasteiger charge is 2.52. The number of carboxylic acid groups (broad SMARTS) is 2. The molecule has 0 saturated heterocycles. The van der Waals surface area contributed by atoms with Crippen molar-refractivity contribution >= 4 is 11.9 Å². The first-order chi connectivity index (χ1) is 6.54. The van der Waals surface area contributed by atoms with Crippen LogP contribution in [0.4, 0.5) is 4.39 Å². The van der Waals surface area contributed by atoms with Crippen molar-refractivity contribution in [3.8, 4) is 0 Å². The molecule has 2 atom stereocenters. The first-order valence-corrected chi connectivity index (χ1v) is 4.38. The lowest BCUT2D eigenvalue weighted by molar-refractivity contribution is -0.136. The highest BCUT2D eigenvalue weighted by molar-refractivity contribution is 6.01. The molecule has 2 bridgehead atoms. The zero-order valence-electron chi connectivity index (χ0n) is 7.24. The lowest BCUT2D eigenvalue weighted by Gasteiger charge is -2.12. The predicted octanol–water partition coefficient (Wildman–Crippen LogP) is 0.830. The van der Waals surface area contributed by atoms with Crippen LogP contribution in [0, 0.1) is 11.8 Å². The highest BCUT2D eigenvalue weighted by Crippen LogP contribution is 2.50. The minimum Gasteiger partial charge on any atom is -0.478 e. The molecule has 0 spiro atoms. The third-order valence-electron chi connectivity index (χ3n) is 3.05. The number of rotatable bonds is 2. The summed E-state index contributed by atoms with van der Waals surface area (Å²) >= 11 is 0. The second-order valence-corrected chi connectivity index (χ2v) is 3.67. The van der Waals surface area contributed by atoms with Gasteiger partial charge < -0.3 is 10.2 Å². The summed E-state index contributed by atoms with van der Waals surface area (Å²) in [4.78, 5) is 21.5.